The molecule has 0 aliphatic heterocycles. The summed E-state index contributed by atoms with van der Waals surface area (Å²) in [4.78, 5) is 17.4. The van der Waals surface area contributed by atoms with E-state index in [0.29, 0.717) is 12.0 Å². The van der Waals surface area contributed by atoms with Gasteiger partial charge in [0.25, 0.3) is 5.56 Å². The van der Waals surface area contributed by atoms with Crippen LogP contribution >= 0.6 is 0 Å². The predicted octanol–water partition coefficient (Wildman–Crippen LogP) is 1.22. The predicted molar refractivity (Wildman–Crippen MR) is 57.0 cm³/mol. The summed E-state index contributed by atoms with van der Waals surface area (Å²) in [6.45, 7) is 0. The first kappa shape index (κ1) is 10.0. The van der Waals surface area contributed by atoms with Crippen LogP contribution in [0.2, 0.25) is 0 Å². The van der Waals surface area contributed by atoms with Crippen LogP contribution in [0, 0.1) is 0 Å². The number of nitrogens with zero attached hydrogens (tertiary/aromatic N) is 1. The lowest BCUT2D eigenvalue weighted by Crippen LogP contribution is -2.24. The van der Waals surface area contributed by atoms with Gasteiger partial charge in [-0.1, -0.05) is 19.3 Å². The quantitative estimate of drug-likeness (QED) is 0.684. The molecule has 3 N–H and O–H groups in total. The van der Waals surface area contributed by atoms with E-state index in [2.05, 4.69) is 15.3 Å². The van der Waals surface area contributed by atoms with Crippen LogP contribution in [0.15, 0.2) is 10.9 Å². The Bertz CT molecular complexity index is 382. The van der Waals surface area contributed by atoms with Crippen LogP contribution in [0.5, 0.6) is 5.88 Å². The maximum atomic E-state index is 11.1. The topological polar surface area (TPSA) is 78.0 Å². The molecule has 0 aromatic carbocycles. The van der Waals surface area contributed by atoms with E-state index in [1.807, 2.05) is 0 Å². The second kappa shape index (κ2) is 4.33. The summed E-state index contributed by atoms with van der Waals surface area (Å²) in [6, 6.07) is 1.43. The van der Waals surface area contributed by atoms with Crippen LogP contribution in [0.1, 0.15) is 32.1 Å². The fourth-order valence-corrected chi connectivity index (χ4v) is 1.95. The maximum absolute atomic E-state index is 11.1. The monoisotopic (exact) mass is 209 g/mol. The maximum Gasteiger partial charge on any atom is 0.256 e. The molecule has 1 heterocycles. The molecular formula is C10H15N3O2. The van der Waals surface area contributed by atoms with Gasteiger partial charge in [0.15, 0.2) is 0 Å². The second-order valence-electron chi connectivity index (χ2n) is 3.93. The third kappa shape index (κ3) is 2.71. The van der Waals surface area contributed by atoms with Gasteiger partial charge in [-0.25, -0.2) is 0 Å². The molecule has 82 valence electrons. The lowest BCUT2D eigenvalue weighted by atomic mass is 9.96. The lowest BCUT2D eigenvalue weighted by Gasteiger charge is -2.22. The first-order valence-corrected chi connectivity index (χ1v) is 5.31. The molecule has 1 aliphatic rings. The van der Waals surface area contributed by atoms with E-state index in [0.717, 1.165) is 18.9 Å². The van der Waals surface area contributed by atoms with Gasteiger partial charge in [-0.15, -0.1) is 0 Å². The zero-order valence-corrected chi connectivity index (χ0v) is 8.49. The van der Waals surface area contributed by atoms with Gasteiger partial charge >= 0.3 is 0 Å². The number of aromatic hydroxyl groups is 1. The third-order valence-corrected chi connectivity index (χ3v) is 2.67. The van der Waals surface area contributed by atoms with Crippen LogP contribution in [0.4, 0.5) is 5.95 Å². The number of rotatable bonds is 2. The van der Waals surface area contributed by atoms with Gasteiger partial charge < -0.3 is 10.4 Å². The zero-order valence-electron chi connectivity index (χ0n) is 8.49. The van der Waals surface area contributed by atoms with Gasteiger partial charge in [0.2, 0.25) is 11.8 Å². The van der Waals surface area contributed by atoms with E-state index in [4.69, 9.17) is 5.11 Å². The van der Waals surface area contributed by atoms with Crippen molar-refractivity contribution >= 4 is 5.95 Å². The Hall–Kier alpha value is -1.52. The molecule has 1 aliphatic carbocycles. The average Bonchev–Trinajstić information content (AvgIpc) is 2.17. The van der Waals surface area contributed by atoms with Crippen molar-refractivity contribution in [1.29, 1.82) is 0 Å². The number of aromatic amines is 1. The van der Waals surface area contributed by atoms with E-state index in [1.165, 1.54) is 19.3 Å². The summed E-state index contributed by atoms with van der Waals surface area (Å²) in [5.74, 6) is 0.129. The van der Waals surface area contributed by atoms with Gasteiger partial charge in [0, 0.05) is 6.04 Å². The van der Waals surface area contributed by atoms with Gasteiger partial charge in [-0.05, 0) is 12.8 Å². The number of anilines is 1. The second-order valence-corrected chi connectivity index (χ2v) is 3.93. The summed E-state index contributed by atoms with van der Waals surface area (Å²) in [5.41, 5.74) is -0.333. The molecule has 1 aromatic heterocycles. The van der Waals surface area contributed by atoms with Crippen molar-refractivity contribution in [3.05, 3.63) is 16.4 Å². The molecule has 5 heteroatoms. The SMILES string of the molecule is O=c1cc(O)nc(NC2CCCCC2)[nH]1. The summed E-state index contributed by atoms with van der Waals surface area (Å²) in [6.07, 6.45) is 5.89. The molecular weight excluding hydrogens is 194 g/mol. The first-order valence-electron chi connectivity index (χ1n) is 5.31. The highest BCUT2D eigenvalue weighted by molar-refractivity contribution is 5.28. The minimum absolute atomic E-state index is 0.239. The molecule has 0 atom stereocenters. The van der Waals surface area contributed by atoms with Crippen molar-refractivity contribution in [2.45, 2.75) is 38.1 Å². The first-order chi connectivity index (χ1) is 7.24. The molecule has 1 saturated carbocycles. The molecule has 0 amide bonds. The summed E-state index contributed by atoms with van der Waals surface area (Å²) >= 11 is 0. The van der Waals surface area contributed by atoms with Crippen molar-refractivity contribution < 1.29 is 5.11 Å². The van der Waals surface area contributed by atoms with Crippen LogP contribution in [0.25, 0.3) is 0 Å². The Morgan fingerprint density at radius 2 is 2.13 bits per heavy atom. The van der Waals surface area contributed by atoms with Crippen LogP contribution in [-0.4, -0.2) is 21.1 Å². The smallest absolute Gasteiger partial charge is 0.256 e. The number of aromatic nitrogens is 2. The van der Waals surface area contributed by atoms with E-state index in [1.54, 1.807) is 0 Å². The zero-order chi connectivity index (χ0) is 10.7. The molecule has 1 fully saturated rings. The molecule has 2 rings (SSSR count). The van der Waals surface area contributed by atoms with Gasteiger partial charge in [0.05, 0.1) is 6.07 Å². The van der Waals surface area contributed by atoms with Crippen LogP contribution < -0.4 is 10.9 Å². The highest BCUT2D eigenvalue weighted by Gasteiger charge is 2.13. The number of H-pyrrole nitrogens is 1. The number of hydrogen-bond acceptors (Lipinski definition) is 4. The number of nitrogens with one attached hydrogen (secondary N) is 2. The largest absolute Gasteiger partial charge is 0.493 e. The Morgan fingerprint density at radius 1 is 1.40 bits per heavy atom. The normalized spacial score (nSPS) is 17.6. The molecule has 0 unspecified atom stereocenters. The van der Waals surface area contributed by atoms with E-state index >= 15 is 0 Å². The minimum Gasteiger partial charge on any atom is -0.493 e. The van der Waals surface area contributed by atoms with Crippen molar-refractivity contribution in [2.24, 2.45) is 0 Å². The Morgan fingerprint density at radius 3 is 2.80 bits per heavy atom. The van der Waals surface area contributed by atoms with E-state index in [9.17, 15) is 4.79 Å². The van der Waals surface area contributed by atoms with Crippen molar-refractivity contribution in [3.63, 3.8) is 0 Å². The minimum atomic E-state index is -0.333. The van der Waals surface area contributed by atoms with Gasteiger partial charge in [-0.2, -0.15) is 4.98 Å². The standard InChI is InChI=1S/C10H15N3O2/c14-8-6-9(15)13-10(12-8)11-7-4-2-1-3-5-7/h6-7H,1-5H2,(H3,11,12,13,14,15). The Kier molecular flexibility index (Phi) is 2.89. The van der Waals surface area contributed by atoms with Crippen LogP contribution in [0.3, 0.4) is 0 Å². The van der Waals surface area contributed by atoms with Crippen molar-refractivity contribution in [3.8, 4) is 5.88 Å². The highest BCUT2D eigenvalue weighted by Crippen LogP contribution is 2.20. The summed E-state index contributed by atoms with van der Waals surface area (Å²) < 4.78 is 0. The molecule has 5 nitrogen and oxygen atoms in total. The molecule has 15 heavy (non-hydrogen) atoms. The van der Waals surface area contributed by atoms with Crippen molar-refractivity contribution in [2.75, 3.05) is 5.32 Å². The van der Waals surface area contributed by atoms with E-state index < -0.39 is 0 Å². The average molecular weight is 209 g/mol. The van der Waals surface area contributed by atoms with Crippen molar-refractivity contribution in [1.82, 2.24) is 9.97 Å². The fourth-order valence-electron chi connectivity index (χ4n) is 1.95. The lowest BCUT2D eigenvalue weighted by molar-refractivity contribution is 0.445. The van der Waals surface area contributed by atoms with Crippen LogP contribution in [-0.2, 0) is 0 Å². The molecule has 0 radical (unpaired) electrons. The molecule has 0 spiro atoms. The summed E-state index contributed by atoms with van der Waals surface area (Å²) in [5, 5.41) is 12.3. The van der Waals surface area contributed by atoms with Gasteiger partial charge in [0.1, 0.15) is 0 Å². The van der Waals surface area contributed by atoms with Gasteiger partial charge in [-0.3, -0.25) is 9.78 Å². The molecule has 1 aromatic rings. The Labute approximate surface area is 87.6 Å². The van der Waals surface area contributed by atoms with E-state index in [-0.39, 0.29) is 11.4 Å². The number of hydrogen-bond donors (Lipinski definition) is 3. The molecule has 0 saturated heterocycles. The summed E-state index contributed by atoms with van der Waals surface area (Å²) in [7, 11) is 0. The fraction of sp³-hybridized carbons (Fsp3) is 0.600. The Balaban J connectivity index is 2.06. The highest BCUT2D eigenvalue weighted by atomic mass is 16.3. The third-order valence-electron chi connectivity index (χ3n) is 2.67. The molecule has 0 bridgehead atoms.